The predicted octanol–water partition coefficient (Wildman–Crippen LogP) is 4.48. The topological polar surface area (TPSA) is 17.1 Å². The first-order valence-corrected chi connectivity index (χ1v) is 7.51. The molecule has 0 bridgehead atoms. The maximum atomic E-state index is 10.5. The molecule has 2 aromatic carbocycles. The van der Waals surface area contributed by atoms with Crippen molar-refractivity contribution in [1.29, 1.82) is 0 Å². The van der Waals surface area contributed by atoms with Crippen LogP contribution in [-0.2, 0) is 10.5 Å². The molecule has 98 valence electrons. The van der Waals surface area contributed by atoms with Crippen molar-refractivity contribution >= 4 is 23.6 Å². The molecule has 2 aromatic rings. The molecular weight excluding hydrogens is 264 g/mol. The van der Waals surface area contributed by atoms with E-state index in [1.165, 1.54) is 33.2 Å². The molecule has 0 spiro atoms. The fraction of sp³-hybridized carbons (Fsp3) is 0.0556. The first-order valence-electron chi connectivity index (χ1n) is 6.53. The Hall–Kier alpha value is -2.06. The van der Waals surface area contributed by atoms with Crippen LogP contribution in [0, 0.1) is 0 Å². The summed E-state index contributed by atoms with van der Waals surface area (Å²) in [4.78, 5) is 11.8. The van der Waals surface area contributed by atoms with E-state index in [2.05, 4.69) is 48.5 Å². The monoisotopic (exact) mass is 278 g/mol. The van der Waals surface area contributed by atoms with E-state index in [1.54, 1.807) is 0 Å². The zero-order valence-electron chi connectivity index (χ0n) is 11.0. The van der Waals surface area contributed by atoms with Crippen LogP contribution in [0.5, 0.6) is 0 Å². The van der Waals surface area contributed by atoms with Gasteiger partial charge in [-0.05, 0) is 34.4 Å². The van der Waals surface area contributed by atoms with Crippen LogP contribution in [0.3, 0.4) is 0 Å². The van der Waals surface area contributed by atoms with E-state index in [0.717, 1.165) is 12.0 Å². The van der Waals surface area contributed by atoms with E-state index in [0.29, 0.717) is 0 Å². The fourth-order valence-electron chi connectivity index (χ4n) is 2.40. The van der Waals surface area contributed by atoms with Crippen molar-refractivity contribution < 1.29 is 4.79 Å². The summed E-state index contributed by atoms with van der Waals surface area (Å²) >= 11 is 1.86. The molecule has 0 aromatic heterocycles. The van der Waals surface area contributed by atoms with Crippen LogP contribution in [0.15, 0.2) is 71.7 Å². The van der Waals surface area contributed by atoms with Crippen molar-refractivity contribution in [2.45, 2.75) is 10.6 Å². The van der Waals surface area contributed by atoms with E-state index >= 15 is 0 Å². The number of rotatable bonds is 2. The lowest BCUT2D eigenvalue weighted by Gasteiger charge is -2.10. The van der Waals surface area contributed by atoms with Crippen molar-refractivity contribution in [2.75, 3.05) is 0 Å². The number of hydrogen-bond donors (Lipinski definition) is 0. The first kappa shape index (κ1) is 12.9. The van der Waals surface area contributed by atoms with Gasteiger partial charge in [0, 0.05) is 10.6 Å². The van der Waals surface area contributed by atoms with Gasteiger partial charge in [0.15, 0.2) is 0 Å². The highest BCUT2D eigenvalue weighted by atomic mass is 32.2. The lowest BCUT2D eigenvalue weighted by molar-refractivity contribution is -0.104. The highest BCUT2D eigenvalue weighted by molar-refractivity contribution is 7.98. The number of allylic oxidation sites excluding steroid dienone is 3. The zero-order chi connectivity index (χ0) is 13.8. The number of carbonyl (C=O) groups is 1. The predicted molar refractivity (Wildman–Crippen MR) is 84.7 cm³/mol. The van der Waals surface area contributed by atoms with Gasteiger partial charge >= 0.3 is 0 Å². The summed E-state index contributed by atoms with van der Waals surface area (Å²) in [7, 11) is 0. The van der Waals surface area contributed by atoms with Gasteiger partial charge < -0.3 is 0 Å². The summed E-state index contributed by atoms with van der Waals surface area (Å²) in [5.41, 5.74) is 5.00. The second-order valence-electron chi connectivity index (χ2n) is 4.54. The SMILES string of the molecule is O=C/C=C/C=C1\c2ccccc2CSc2ccccc21. The molecule has 0 atom stereocenters. The van der Waals surface area contributed by atoms with E-state index in [9.17, 15) is 4.79 Å². The Morgan fingerprint density at radius 3 is 2.50 bits per heavy atom. The Kier molecular flexibility index (Phi) is 3.84. The molecule has 1 aliphatic heterocycles. The van der Waals surface area contributed by atoms with Crippen LogP contribution >= 0.6 is 11.8 Å². The number of hydrogen-bond acceptors (Lipinski definition) is 2. The summed E-state index contributed by atoms with van der Waals surface area (Å²) < 4.78 is 0. The van der Waals surface area contributed by atoms with E-state index in [1.807, 2.05) is 23.9 Å². The third kappa shape index (κ3) is 2.47. The second kappa shape index (κ2) is 5.93. The van der Waals surface area contributed by atoms with E-state index in [-0.39, 0.29) is 0 Å². The minimum atomic E-state index is 0.806. The third-order valence-electron chi connectivity index (χ3n) is 3.32. The van der Waals surface area contributed by atoms with Gasteiger partial charge in [0.2, 0.25) is 0 Å². The Balaban J connectivity index is 2.21. The molecule has 0 N–H and O–H groups in total. The Morgan fingerprint density at radius 1 is 0.900 bits per heavy atom. The number of aldehydes is 1. The zero-order valence-corrected chi connectivity index (χ0v) is 11.8. The minimum absolute atomic E-state index is 0.806. The first-order chi connectivity index (χ1) is 9.90. The Labute approximate surface area is 123 Å². The van der Waals surface area contributed by atoms with Gasteiger partial charge in [0.25, 0.3) is 0 Å². The maximum absolute atomic E-state index is 10.5. The standard InChI is InChI=1S/C18H14OS/c19-12-6-5-9-16-15-8-2-1-7-14(15)13-20-18-11-4-3-10-17(16)18/h1-12H,13H2/b6-5+,16-9+. The molecule has 1 nitrogen and oxygen atoms in total. The van der Waals surface area contributed by atoms with Gasteiger partial charge in [0.1, 0.15) is 6.29 Å². The van der Waals surface area contributed by atoms with Gasteiger partial charge in [-0.15, -0.1) is 11.8 Å². The van der Waals surface area contributed by atoms with Gasteiger partial charge in [-0.3, -0.25) is 4.79 Å². The van der Waals surface area contributed by atoms with Crippen molar-refractivity contribution in [1.82, 2.24) is 0 Å². The quantitative estimate of drug-likeness (QED) is 0.595. The number of thioether (sulfide) groups is 1. The lowest BCUT2D eigenvalue weighted by atomic mass is 9.94. The molecule has 0 saturated carbocycles. The molecule has 0 saturated heterocycles. The molecule has 1 heterocycles. The van der Waals surface area contributed by atoms with Gasteiger partial charge in [-0.2, -0.15) is 0 Å². The summed E-state index contributed by atoms with van der Waals surface area (Å²) in [5.74, 6) is 0.974. The summed E-state index contributed by atoms with van der Waals surface area (Å²) in [6.07, 6.45) is 6.17. The van der Waals surface area contributed by atoms with Crippen LogP contribution in [0.1, 0.15) is 16.7 Å². The fourth-order valence-corrected chi connectivity index (χ4v) is 3.47. The Morgan fingerprint density at radius 2 is 1.65 bits per heavy atom. The average Bonchev–Trinajstić information content (AvgIpc) is 2.66. The second-order valence-corrected chi connectivity index (χ2v) is 5.56. The molecular formula is C18H14OS. The molecule has 2 heteroatoms. The van der Waals surface area contributed by atoms with Gasteiger partial charge in [-0.25, -0.2) is 0 Å². The number of benzene rings is 2. The van der Waals surface area contributed by atoms with Crippen molar-refractivity contribution in [2.24, 2.45) is 0 Å². The van der Waals surface area contributed by atoms with Crippen LogP contribution < -0.4 is 0 Å². The molecule has 0 unspecified atom stereocenters. The van der Waals surface area contributed by atoms with Crippen molar-refractivity contribution in [3.63, 3.8) is 0 Å². The van der Waals surface area contributed by atoms with E-state index in [4.69, 9.17) is 0 Å². The average molecular weight is 278 g/mol. The third-order valence-corrected chi connectivity index (χ3v) is 4.44. The molecule has 0 fully saturated rings. The van der Waals surface area contributed by atoms with Crippen molar-refractivity contribution in [3.8, 4) is 0 Å². The molecule has 0 amide bonds. The lowest BCUT2D eigenvalue weighted by Crippen LogP contribution is -1.91. The van der Waals surface area contributed by atoms with E-state index < -0.39 is 0 Å². The summed E-state index contributed by atoms with van der Waals surface area (Å²) in [6.45, 7) is 0. The molecule has 3 rings (SSSR count). The van der Waals surface area contributed by atoms with Crippen LogP contribution in [0.25, 0.3) is 5.57 Å². The number of carbonyl (C=O) groups excluding carboxylic acids is 1. The van der Waals surface area contributed by atoms with Gasteiger partial charge in [0.05, 0.1) is 0 Å². The molecule has 0 aliphatic carbocycles. The molecule has 0 radical (unpaired) electrons. The normalized spacial score (nSPS) is 15.7. The van der Waals surface area contributed by atoms with Crippen molar-refractivity contribution in [3.05, 3.63) is 83.4 Å². The molecule has 1 aliphatic rings. The van der Waals surface area contributed by atoms with Gasteiger partial charge in [-0.1, -0.05) is 54.6 Å². The summed E-state index contributed by atoms with van der Waals surface area (Å²) in [6, 6.07) is 16.9. The summed E-state index contributed by atoms with van der Waals surface area (Å²) in [5, 5.41) is 0. The van der Waals surface area contributed by atoms with Crippen LogP contribution in [0.2, 0.25) is 0 Å². The smallest absolute Gasteiger partial charge is 0.142 e. The Bertz CT molecular complexity index is 649. The maximum Gasteiger partial charge on any atom is 0.142 e. The van der Waals surface area contributed by atoms with Crippen LogP contribution in [0.4, 0.5) is 0 Å². The highest BCUT2D eigenvalue weighted by Crippen LogP contribution is 2.39. The minimum Gasteiger partial charge on any atom is -0.299 e. The largest absolute Gasteiger partial charge is 0.299 e. The highest BCUT2D eigenvalue weighted by Gasteiger charge is 2.16. The molecule has 20 heavy (non-hydrogen) atoms. The number of fused-ring (bicyclic) bond motifs is 2. The van der Waals surface area contributed by atoms with Crippen LogP contribution in [-0.4, -0.2) is 6.29 Å².